The maximum absolute atomic E-state index is 13.2. The van der Waals surface area contributed by atoms with Crippen molar-refractivity contribution in [3.63, 3.8) is 0 Å². The standard InChI is InChI=1S/C46H84N2O3/c1-4-7-10-13-16-19-21-23-25-27-30-33-38-47-45(49)42-36-37-43(44(41-42)51-40-35-32-29-18-15-12-9-6-3)46(50)48-39-34-31-28-26-24-22-20-17-14-11-8-5-2/h36-37,41H,4-35,38-40H2,1-3H3,(H,47,49)(H,48,50). The SMILES string of the molecule is CCCCCCCCCCCCCCNC(=O)c1ccc(C(=O)NCCCCCCCCCCCCCC)c(OCCCCCCCCCC)c1. The van der Waals surface area contributed by atoms with Crippen LogP contribution in [-0.2, 0) is 0 Å². The van der Waals surface area contributed by atoms with Gasteiger partial charge in [0, 0.05) is 18.7 Å². The van der Waals surface area contributed by atoms with Gasteiger partial charge in [-0.05, 0) is 37.5 Å². The zero-order valence-corrected chi connectivity index (χ0v) is 34.2. The quantitative estimate of drug-likeness (QED) is 0.0671. The number of unbranched alkanes of at least 4 members (excludes halogenated alkanes) is 29. The zero-order valence-electron chi connectivity index (χ0n) is 34.2. The van der Waals surface area contributed by atoms with Crippen molar-refractivity contribution in [2.45, 2.75) is 226 Å². The van der Waals surface area contributed by atoms with Crippen LogP contribution in [0.3, 0.4) is 0 Å². The third-order valence-corrected chi connectivity index (χ3v) is 10.4. The lowest BCUT2D eigenvalue weighted by Crippen LogP contribution is -2.26. The predicted octanol–water partition coefficient (Wildman–Crippen LogP) is 14.1. The minimum absolute atomic E-state index is 0.0848. The normalized spacial score (nSPS) is 11.2. The monoisotopic (exact) mass is 713 g/mol. The van der Waals surface area contributed by atoms with E-state index in [-0.39, 0.29) is 11.8 Å². The summed E-state index contributed by atoms with van der Waals surface area (Å²) in [4.78, 5) is 26.3. The summed E-state index contributed by atoms with van der Waals surface area (Å²) in [6, 6.07) is 5.33. The molecule has 0 unspecified atom stereocenters. The first-order valence-corrected chi connectivity index (χ1v) is 22.5. The van der Waals surface area contributed by atoms with E-state index in [0.717, 1.165) is 38.5 Å². The number of benzene rings is 1. The highest BCUT2D eigenvalue weighted by Gasteiger charge is 2.16. The van der Waals surface area contributed by atoms with Gasteiger partial charge in [0.25, 0.3) is 11.8 Å². The fourth-order valence-electron chi connectivity index (χ4n) is 6.92. The summed E-state index contributed by atoms with van der Waals surface area (Å²) in [5.41, 5.74) is 1.10. The second-order valence-electron chi connectivity index (χ2n) is 15.3. The molecular formula is C46H84N2O3. The molecule has 0 fully saturated rings. The summed E-state index contributed by atoms with van der Waals surface area (Å²) in [6.45, 7) is 8.73. The van der Waals surface area contributed by atoms with E-state index in [2.05, 4.69) is 31.4 Å². The zero-order chi connectivity index (χ0) is 36.9. The van der Waals surface area contributed by atoms with Crippen LogP contribution in [0.25, 0.3) is 0 Å². The Bertz CT molecular complexity index is 933. The number of ether oxygens (including phenoxy) is 1. The molecule has 0 bridgehead atoms. The van der Waals surface area contributed by atoms with Crippen molar-refractivity contribution in [3.05, 3.63) is 29.3 Å². The topological polar surface area (TPSA) is 67.4 Å². The van der Waals surface area contributed by atoms with Gasteiger partial charge in [-0.2, -0.15) is 0 Å². The molecule has 0 spiro atoms. The summed E-state index contributed by atoms with van der Waals surface area (Å²) < 4.78 is 6.19. The summed E-state index contributed by atoms with van der Waals surface area (Å²) >= 11 is 0. The second kappa shape index (κ2) is 36.3. The molecule has 1 rings (SSSR count). The van der Waals surface area contributed by atoms with Gasteiger partial charge in [0.05, 0.1) is 12.2 Å². The third kappa shape index (κ3) is 28.2. The smallest absolute Gasteiger partial charge is 0.255 e. The minimum atomic E-state index is -0.104. The van der Waals surface area contributed by atoms with Crippen LogP contribution in [0.2, 0.25) is 0 Å². The minimum Gasteiger partial charge on any atom is -0.493 e. The van der Waals surface area contributed by atoms with Crippen LogP contribution in [0.5, 0.6) is 5.75 Å². The average Bonchev–Trinajstić information content (AvgIpc) is 3.14. The van der Waals surface area contributed by atoms with Gasteiger partial charge in [0.15, 0.2) is 0 Å². The Morgan fingerprint density at radius 1 is 0.431 bits per heavy atom. The highest BCUT2D eigenvalue weighted by atomic mass is 16.5. The van der Waals surface area contributed by atoms with E-state index in [1.54, 1.807) is 18.2 Å². The van der Waals surface area contributed by atoms with Crippen LogP contribution in [0.4, 0.5) is 0 Å². The van der Waals surface area contributed by atoms with Crippen LogP contribution in [0, 0.1) is 0 Å². The molecule has 2 N–H and O–H groups in total. The van der Waals surface area contributed by atoms with Crippen molar-refractivity contribution in [2.75, 3.05) is 19.7 Å². The molecule has 0 atom stereocenters. The molecule has 0 aliphatic rings. The fraction of sp³-hybridized carbons (Fsp3) is 0.826. The summed E-state index contributed by atoms with van der Waals surface area (Å²) in [7, 11) is 0. The first kappa shape index (κ1) is 47.0. The molecule has 296 valence electrons. The third-order valence-electron chi connectivity index (χ3n) is 10.4. The summed E-state index contributed by atoms with van der Waals surface area (Å²) in [5.74, 6) is 0.342. The van der Waals surface area contributed by atoms with E-state index < -0.39 is 0 Å². The molecule has 0 aliphatic heterocycles. The lowest BCUT2D eigenvalue weighted by atomic mass is 10.1. The lowest BCUT2D eigenvalue weighted by Gasteiger charge is -2.14. The Kier molecular flexibility index (Phi) is 33.5. The second-order valence-corrected chi connectivity index (χ2v) is 15.3. The highest BCUT2D eigenvalue weighted by molar-refractivity contribution is 6.00. The van der Waals surface area contributed by atoms with Gasteiger partial charge < -0.3 is 15.4 Å². The molecule has 0 aliphatic carbocycles. The summed E-state index contributed by atoms with van der Waals surface area (Å²) in [6.07, 6.45) is 41.1. The molecular weight excluding hydrogens is 629 g/mol. The van der Waals surface area contributed by atoms with Crippen molar-refractivity contribution >= 4 is 11.8 Å². The number of hydrogen-bond donors (Lipinski definition) is 2. The molecule has 1 aromatic rings. The van der Waals surface area contributed by atoms with Crippen molar-refractivity contribution < 1.29 is 14.3 Å². The van der Waals surface area contributed by atoms with Gasteiger partial charge in [0.2, 0.25) is 0 Å². The van der Waals surface area contributed by atoms with Crippen LogP contribution < -0.4 is 15.4 Å². The Hall–Kier alpha value is -2.04. The Labute approximate surface area is 317 Å². The molecule has 5 heteroatoms. The van der Waals surface area contributed by atoms with Crippen molar-refractivity contribution in [2.24, 2.45) is 0 Å². The maximum atomic E-state index is 13.2. The molecule has 5 nitrogen and oxygen atoms in total. The van der Waals surface area contributed by atoms with Crippen molar-refractivity contribution in [1.29, 1.82) is 0 Å². The van der Waals surface area contributed by atoms with E-state index in [9.17, 15) is 9.59 Å². The van der Waals surface area contributed by atoms with E-state index >= 15 is 0 Å². The van der Waals surface area contributed by atoms with Gasteiger partial charge in [-0.1, -0.05) is 207 Å². The first-order chi connectivity index (χ1) is 25.1. The number of amides is 2. The molecule has 0 saturated carbocycles. The van der Waals surface area contributed by atoms with Gasteiger partial charge >= 0.3 is 0 Å². The maximum Gasteiger partial charge on any atom is 0.255 e. The molecule has 2 amide bonds. The van der Waals surface area contributed by atoms with Gasteiger partial charge in [-0.25, -0.2) is 0 Å². The van der Waals surface area contributed by atoms with E-state index in [1.807, 2.05) is 0 Å². The van der Waals surface area contributed by atoms with Crippen LogP contribution >= 0.6 is 0 Å². The molecule has 0 aromatic heterocycles. The van der Waals surface area contributed by atoms with Crippen LogP contribution in [0.1, 0.15) is 247 Å². The average molecular weight is 713 g/mol. The fourth-order valence-corrected chi connectivity index (χ4v) is 6.92. The van der Waals surface area contributed by atoms with Crippen LogP contribution in [-0.4, -0.2) is 31.5 Å². The number of rotatable bonds is 38. The molecule has 51 heavy (non-hydrogen) atoms. The molecule has 0 radical (unpaired) electrons. The number of nitrogens with one attached hydrogen (secondary N) is 2. The van der Waals surface area contributed by atoms with E-state index in [1.165, 1.54) is 167 Å². The van der Waals surface area contributed by atoms with Gasteiger partial charge in [-0.15, -0.1) is 0 Å². The van der Waals surface area contributed by atoms with E-state index in [4.69, 9.17) is 4.74 Å². The van der Waals surface area contributed by atoms with Crippen molar-refractivity contribution in [1.82, 2.24) is 10.6 Å². The molecule has 1 aromatic carbocycles. The number of hydrogen-bond acceptors (Lipinski definition) is 3. The summed E-state index contributed by atoms with van der Waals surface area (Å²) in [5, 5.41) is 6.22. The number of carbonyl (C=O) groups is 2. The Morgan fingerprint density at radius 2 is 0.765 bits per heavy atom. The van der Waals surface area contributed by atoms with Crippen LogP contribution in [0.15, 0.2) is 18.2 Å². The van der Waals surface area contributed by atoms with Gasteiger partial charge in [-0.3, -0.25) is 9.59 Å². The Morgan fingerprint density at radius 3 is 1.16 bits per heavy atom. The van der Waals surface area contributed by atoms with E-state index in [0.29, 0.717) is 36.6 Å². The number of carbonyl (C=O) groups excluding carboxylic acids is 2. The largest absolute Gasteiger partial charge is 0.493 e. The molecule has 0 heterocycles. The Balaban J connectivity index is 2.43. The van der Waals surface area contributed by atoms with Gasteiger partial charge in [0.1, 0.15) is 5.75 Å². The lowest BCUT2D eigenvalue weighted by molar-refractivity contribution is 0.0937. The molecule has 0 saturated heterocycles. The first-order valence-electron chi connectivity index (χ1n) is 22.5. The highest BCUT2D eigenvalue weighted by Crippen LogP contribution is 2.22. The van der Waals surface area contributed by atoms with Crippen molar-refractivity contribution in [3.8, 4) is 5.75 Å². The predicted molar refractivity (Wildman–Crippen MR) is 221 cm³/mol.